The van der Waals surface area contributed by atoms with Gasteiger partial charge in [-0.25, -0.2) is 0 Å². The number of fused-ring (bicyclic) bond motifs is 1. The monoisotopic (exact) mass is 358 g/mol. The van der Waals surface area contributed by atoms with Crippen LogP contribution in [0.3, 0.4) is 0 Å². The van der Waals surface area contributed by atoms with E-state index >= 15 is 0 Å². The second-order valence-electron chi connectivity index (χ2n) is 8.33. The van der Waals surface area contributed by atoms with Crippen molar-refractivity contribution in [1.29, 1.82) is 0 Å². The van der Waals surface area contributed by atoms with Crippen molar-refractivity contribution in [3.8, 4) is 5.75 Å². The van der Waals surface area contributed by atoms with Gasteiger partial charge in [0, 0.05) is 32.6 Å². The summed E-state index contributed by atoms with van der Waals surface area (Å²) in [6.45, 7) is 10.5. The maximum absolute atomic E-state index is 6.45. The first-order chi connectivity index (χ1) is 12.7. The van der Waals surface area contributed by atoms with Gasteiger partial charge in [-0.1, -0.05) is 63.6 Å². The Morgan fingerprint density at radius 3 is 2.38 bits per heavy atom. The van der Waals surface area contributed by atoms with E-state index < -0.39 is 0 Å². The highest BCUT2D eigenvalue weighted by molar-refractivity contribution is 5.35. The van der Waals surface area contributed by atoms with Crippen molar-refractivity contribution in [3.63, 3.8) is 0 Å². The number of unbranched alkanes of at least 4 members (excludes halogenated alkanes) is 6. The van der Waals surface area contributed by atoms with Gasteiger partial charge >= 0.3 is 0 Å². The average Bonchev–Trinajstić information content (AvgIpc) is 2.67. The van der Waals surface area contributed by atoms with Gasteiger partial charge in [0.15, 0.2) is 5.72 Å². The van der Waals surface area contributed by atoms with Crippen molar-refractivity contribution in [3.05, 3.63) is 29.8 Å². The van der Waals surface area contributed by atoms with Crippen LogP contribution in [-0.4, -0.2) is 48.2 Å². The number of hydrogen-bond donors (Lipinski definition) is 0. The Morgan fingerprint density at radius 1 is 0.923 bits per heavy atom. The van der Waals surface area contributed by atoms with Gasteiger partial charge in [0.05, 0.1) is 0 Å². The molecule has 146 valence electrons. The van der Waals surface area contributed by atoms with Crippen LogP contribution in [0, 0.1) is 0 Å². The molecule has 1 saturated heterocycles. The molecule has 3 rings (SSSR count). The van der Waals surface area contributed by atoms with E-state index in [0.29, 0.717) is 0 Å². The lowest BCUT2D eigenvalue weighted by molar-refractivity contribution is -0.102. The van der Waals surface area contributed by atoms with Crippen LogP contribution in [0.5, 0.6) is 5.75 Å². The Labute approximate surface area is 160 Å². The summed E-state index contributed by atoms with van der Waals surface area (Å²) in [6, 6.07) is 8.54. The van der Waals surface area contributed by atoms with E-state index in [9.17, 15) is 0 Å². The SMILES string of the molecule is CCCCCCCCCN1CCN(C2(C)CCc3ccccc3O2)CC1. The smallest absolute Gasteiger partial charge is 0.161 e. The second-order valence-corrected chi connectivity index (χ2v) is 8.33. The summed E-state index contributed by atoms with van der Waals surface area (Å²) < 4.78 is 6.45. The first-order valence-corrected chi connectivity index (χ1v) is 11.0. The molecule has 2 aliphatic rings. The summed E-state index contributed by atoms with van der Waals surface area (Å²) in [6.07, 6.45) is 12.0. The Kier molecular flexibility index (Phi) is 7.39. The number of nitrogens with zero attached hydrogens (tertiary/aromatic N) is 2. The molecular formula is C23H38N2O. The number of rotatable bonds is 9. The molecule has 0 N–H and O–H groups in total. The standard InChI is InChI=1S/C23H38N2O/c1-3-4-5-6-7-8-11-16-24-17-19-25(20-18-24)23(2)15-14-21-12-9-10-13-22(21)26-23/h9-10,12-13H,3-8,11,14-20H2,1-2H3. The van der Waals surface area contributed by atoms with Gasteiger partial charge in [0.1, 0.15) is 5.75 Å². The van der Waals surface area contributed by atoms with E-state index in [1.807, 2.05) is 0 Å². The molecule has 1 aromatic rings. The van der Waals surface area contributed by atoms with Crippen molar-refractivity contribution >= 4 is 0 Å². The minimum Gasteiger partial charge on any atom is -0.473 e. The first kappa shape index (κ1) is 19.7. The summed E-state index contributed by atoms with van der Waals surface area (Å²) in [4.78, 5) is 5.23. The van der Waals surface area contributed by atoms with Gasteiger partial charge in [-0.2, -0.15) is 0 Å². The molecule has 1 fully saturated rings. The van der Waals surface area contributed by atoms with Crippen LogP contribution < -0.4 is 4.74 Å². The van der Waals surface area contributed by atoms with Crippen molar-refractivity contribution in [2.24, 2.45) is 0 Å². The lowest BCUT2D eigenvalue weighted by Gasteiger charge is -2.47. The van der Waals surface area contributed by atoms with Crippen LogP contribution >= 0.6 is 0 Å². The summed E-state index contributed by atoms with van der Waals surface area (Å²) in [5.74, 6) is 1.09. The zero-order chi connectivity index (χ0) is 18.2. The van der Waals surface area contributed by atoms with Crippen molar-refractivity contribution in [1.82, 2.24) is 9.80 Å². The zero-order valence-corrected chi connectivity index (χ0v) is 17.0. The number of piperazine rings is 1. The van der Waals surface area contributed by atoms with Crippen LogP contribution in [0.15, 0.2) is 24.3 Å². The molecule has 1 aromatic carbocycles. The van der Waals surface area contributed by atoms with E-state index in [0.717, 1.165) is 31.7 Å². The highest BCUT2D eigenvalue weighted by Gasteiger charge is 2.38. The molecular weight excluding hydrogens is 320 g/mol. The lowest BCUT2D eigenvalue weighted by Crippen LogP contribution is -2.59. The fourth-order valence-corrected chi connectivity index (χ4v) is 4.42. The Morgan fingerprint density at radius 2 is 1.62 bits per heavy atom. The quantitative estimate of drug-likeness (QED) is 0.571. The Balaban J connectivity index is 1.36. The number of para-hydroxylation sites is 1. The topological polar surface area (TPSA) is 15.7 Å². The molecule has 0 saturated carbocycles. The summed E-state index contributed by atoms with van der Waals surface area (Å²) in [7, 11) is 0. The maximum Gasteiger partial charge on any atom is 0.161 e. The molecule has 1 unspecified atom stereocenters. The van der Waals surface area contributed by atoms with Gasteiger partial charge in [-0.15, -0.1) is 0 Å². The Bertz CT molecular complexity index is 539. The molecule has 26 heavy (non-hydrogen) atoms. The lowest BCUT2D eigenvalue weighted by atomic mass is 9.97. The number of ether oxygens (including phenoxy) is 1. The van der Waals surface area contributed by atoms with Gasteiger partial charge in [0.2, 0.25) is 0 Å². The van der Waals surface area contributed by atoms with Gasteiger partial charge < -0.3 is 9.64 Å². The Hall–Kier alpha value is -1.06. The fraction of sp³-hybridized carbons (Fsp3) is 0.739. The molecule has 3 heteroatoms. The van der Waals surface area contributed by atoms with E-state index in [4.69, 9.17) is 4.74 Å². The van der Waals surface area contributed by atoms with Gasteiger partial charge in [-0.3, -0.25) is 4.90 Å². The normalized spacial score (nSPS) is 24.2. The van der Waals surface area contributed by atoms with Crippen LogP contribution in [0.25, 0.3) is 0 Å². The van der Waals surface area contributed by atoms with E-state index in [-0.39, 0.29) is 5.72 Å². The summed E-state index contributed by atoms with van der Waals surface area (Å²) >= 11 is 0. The van der Waals surface area contributed by atoms with Crippen LogP contribution in [-0.2, 0) is 6.42 Å². The van der Waals surface area contributed by atoms with E-state index in [1.165, 1.54) is 70.1 Å². The van der Waals surface area contributed by atoms with E-state index in [1.54, 1.807) is 0 Å². The molecule has 3 nitrogen and oxygen atoms in total. The molecule has 0 bridgehead atoms. The van der Waals surface area contributed by atoms with Crippen molar-refractivity contribution in [2.45, 2.75) is 77.4 Å². The predicted octanol–water partition coefficient (Wildman–Crippen LogP) is 5.10. The number of aryl methyl sites for hydroxylation is 1. The fourth-order valence-electron chi connectivity index (χ4n) is 4.42. The van der Waals surface area contributed by atoms with Crippen LogP contribution in [0.4, 0.5) is 0 Å². The molecule has 1 atom stereocenters. The highest BCUT2D eigenvalue weighted by atomic mass is 16.5. The molecule has 2 heterocycles. The molecule has 0 aromatic heterocycles. The van der Waals surface area contributed by atoms with Gasteiger partial charge in [0.25, 0.3) is 0 Å². The third-order valence-electron chi connectivity index (χ3n) is 6.28. The van der Waals surface area contributed by atoms with E-state index in [2.05, 4.69) is 47.9 Å². The molecule has 0 amide bonds. The largest absolute Gasteiger partial charge is 0.473 e. The van der Waals surface area contributed by atoms with Crippen LogP contribution in [0.2, 0.25) is 0 Å². The minimum atomic E-state index is -0.125. The predicted molar refractivity (Wildman–Crippen MR) is 110 cm³/mol. The van der Waals surface area contributed by atoms with Crippen molar-refractivity contribution < 1.29 is 4.74 Å². The van der Waals surface area contributed by atoms with Crippen molar-refractivity contribution in [2.75, 3.05) is 32.7 Å². The first-order valence-electron chi connectivity index (χ1n) is 11.0. The number of benzene rings is 1. The van der Waals surface area contributed by atoms with Crippen LogP contribution in [0.1, 0.15) is 70.8 Å². The van der Waals surface area contributed by atoms with Gasteiger partial charge in [-0.05, 0) is 37.9 Å². The molecule has 0 aliphatic carbocycles. The average molecular weight is 359 g/mol. The summed E-state index contributed by atoms with van der Waals surface area (Å²) in [5.41, 5.74) is 1.24. The molecule has 2 aliphatic heterocycles. The number of hydrogen-bond acceptors (Lipinski definition) is 3. The third-order valence-corrected chi connectivity index (χ3v) is 6.28. The third kappa shape index (κ3) is 5.23. The minimum absolute atomic E-state index is 0.125. The highest BCUT2D eigenvalue weighted by Crippen LogP contribution is 2.35. The maximum atomic E-state index is 6.45. The zero-order valence-electron chi connectivity index (χ0n) is 17.0. The molecule has 0 radical (unpaired) electrons. The second kappa shape index (κ2) is 9.75. The molecule has 0 spiro atoms. The summed E-state index contributed by atoms with van der Waals surface area (Å²) in [5, 5.41) is 0.